The number of carbonyl (C=O) groups excluding carboxylic acids is 1. The van der Waals surface area contributed by atoms with E-state index in [1.807, 2.05) is 42.2 Å². The fourth-order valence-corrected chi connectivity index (χ4v) is 3.78. The van der Waals surface area contributed by atoms with E-state index in [1.54, 1.807) is 6.07 Å². The molecule has 2 aromatic carbocycles. The van der Waals surface area contributed by atoms with Crippen molar-refractivity contribution in [2.45, 2.75) is 32.9 Å². The number of hydrogen-bond donors (Lipinski definition) is 1. The molecule has 0 bridgehead atoms. The van der Waals surface area contributed by atoms with Gasteiger partial charge in [-0.1, -0.05) is 36.4 Å². The number of hydrogen-bond acceptors (Lipinski definition) is 5. The normalized spacial score (nSPS) is 13.8. The summed E-state index contributed by atoms with van der Waals surface area (Å²) >= 11 is 0. The summed E-state index contributed by atoms with van der Waals surface area (Å²) in [6, 6.07) is 15.0. The summed E-state index contributed by atoms with van der Waals surface area (Å²) in [5, 5.41) is 15.5. The molecule has 148 valence electrons. The molecule has 3 aromatic rings. The number of anilines is 1. The Bertz CT molecular complexity index is 1100. The van der Waals surface area contributed by atoms with Gasteiger partial charge in [-0.25, -0.2) is 4.98 Å². The summed E-state index contributed by atoms with van der Waals surface area (Å²) in [6.07, 6.45) is 1.57. The lowest BCUT2D eigenvalue weighted by molar-refractivity contribution is -0.383. The van der Waals surface area contributed by atoms with Gasteiger partial charge in [-0.15, -0.1) is 0 Å². The number of nitro groups is 1. The van der Waals surface area contributed by atoms with E-state index < -0.39 is 4.92 Å². The van der Waals surface area contributed by atoms with Crippen LogP contribution >= 0.6 is 0 Å². The number of amides is 1. The Morgan fingerprint density at radius 1 is 1.17 bits per heavy atom. The summed E-state index contributed by atoms with van der Waals surface area (Å²) in [4.78, 5) is 29.1. The van der Waals surface area contributed by atoms with Gasteiger partial charge in [0.2, 0.25) is 5.91 Å². The second-order valence-electron chi connectivity index (χ2n) is 7.33. The van der Waals surface area contributed by atoms with E-state index in [0.717, 1.165) is 40.9 Å². The zero-order valence-electron chi connectivity index (χ0n) is 16.2. The number of likely N-dealkylation sites (tertiary alicyclic amines) is 1. The number of nitro benzene ring substituents is 1. The molecule has 0 unspecified atom stereocenters. The Labute approximate surface area is 168 Å². The van der Waals surface area contributed by atoms with Gasteiger partial charge in [-0.2, -0.15) is 0 Å². The molecule has 1 N–H and O–H groups in total. The smallest absolute Gasteiger partial charge is 0.295 e. The predicted molar refractivity (Wildman–Crippen MR) is 112 cm³/mol. The highest BCUT2D eigenvalue weighted by Crippen LogP contribution is 2.30. The number of aromatic nitrogens is 1. The van der Waals surface area contributed by atoms with Crippen molar-refractivity contribution in [1.82, 2.24) is 9.88 Å². The predicted octanol–water partition coefficient (Wildman–Crippen LogP) is 4.19. The molecule has 4 rings (SSSR count). The minimum absolute atomic E-state index is 0.00604. The van der Waals surface area contributed by atoms with Crippen LogP contribution in [0.15, 0.2) is 48.5 Å². The maximum Gasteiger partial charge on any atom is 0.295 e. The molecule has 1 fully saturated rings. The maximum atomic E-state index is 11.9. The molecule has 2 heterocycles. The highest BCUT2D eigenvalue weighted by molar-refractivity contribution is 5.96. The van der Waals surface area contributed by atoms with E-state index in [4.69, 9.17) is 0 Å². The van der Waals surface area contributed by atoms with E-state index in [2.05, 4.69) is 16.4 Å². The van der Waals surface area contributed by atoms with Crippen molar-refractivity contribution in [3.63, 3.8) is 0 Å². The molecule has 1 aromatic heterocycles. The van der Waals surface area contributed by atoms with Crippen LogP contribution in [-0.2, 0) is 17.9 Å². The minimum Gasteiger partial charge on any atom is -0.380 e. The molecular weight excluding hydrogens is 368 g/mol. The van der Waals surface area contributed by atoms with Gasteiger partial charge < -0.3 is 10.2 Å². The highest BCUT2D eigenvalue weighted by atomic mass is 16.6. The number of aryl methyl sites for hydroxylation is 1. The van der Waals surface area contributed by atoms with Crippen LogP contribution in [0.3, 0.4) is 0 Å². The van der Waals surface area contributed by atoms with Crippen molar-refractivity contribution < 1.29 is 9.72 Å². The molecular formula is C22H22N4O3. The quantitative estimate of drug-likeness (QED) is 0.504. The molecule has 0 atom stereocenters. The van der Waals surface area contributed by atoms with Crippen molar-refractivity contribution in [2.24, 2.45) is 0 Å². The molecule has 0 aliphatic carbocycles. The first kappa shape index (κ1) is 18.9. The molecule has 0 saturated carbocycles. The minimum atomic E-state index is -0.401. The van der Waals surface area contributed by atoms with Gasteiger partial charge in [0, 0.05) is 48.9 Å². The van der Waals surface area contributed by atoms with Crippen molar-refractivity contribution in [2.75, 3.05) is 11.9 Å². The summed E-state index contributed by atoms with van der Waals surface area (Å²) in [7, 11) is 0. The van der Waals surface area contributed by atoms with Crippen molar-refractivity contribution >= 4 is 28.2 Å². The number of benzene rings is 2. The summed E-state index contributed by atoms with van der Waals surface area (Å²) in [6.45, 7) is 3.86. The largest absolute Gasteiger partial charge is 0.380 e. The number of pyridine rings is 1. The standard InChI is InChI=1S/C22H22N4O3/c1-15-11-19(18-7-3-8-20(26(28)29)22(18)24-15)23-13-16-5-2-6-17(12-16)14-25-10-4-9-21(25)27/h2-3,5-8,11-12H,4,9-10,13-14H2,1H3,(H,23,24). The molecule has 7 heteroatoms. The third kappa shape index (κ3) is 4.03. The Morgan fingerprint density at radius 2 is 1.97 bits per heavy atom. The number of para-hydroxylation sites is 1. The van der Waals surface area contributed by atoms with E-state index in [0.29, 0.717) is 25.0 Å². The van der Waals surface area contributed by atoms with E-state index >= 15 is 0 Å². The first-order valence-corrected chi connectivity index (χ1v) is 9.65. The lowest BCUT2D eigenvalue weighted by atomic mass is 10.1. The molecule has 0 radical (unpaired) electrons. The molecule has 0 spiro atoms. The zero-order chi connectivity index (χ0) is 20.4. The van der Waals surface area contributed by atoms with Crippen LogP contribution in [0.5, 0.6) is 0 Å². The number of rotatable bonds is 6. The van der Waals surface area contributed by atoms with Gasteiger partial charge in [-0.3, -0.25) is 14.9 Å². The Balaban J connectivity index is 1.56. The van der Waals surface area contributed by atoms with Crippen molar-refractivity contribution in [1.29, 1.82) is 0 Å². The van der Waals surface area contributed by atoms with Crippen LogP contribution in [-0.4, -0.2) is 27.3 Å². The molecule has 29 heavy (non-hydrogen) atoms. The van der Waals surface area contributed by atoms with Crippen LogP contribution in [0.4, 0.5) is 11.4 Å². The number of non-ortho nitro benzene ring substituents is 1. The van der Waals surface area contributed by atoms with Crippen LogP contribution in [0.1, 0.15) is 29.7 Å². The highest BCUT2D eigenvalue weighted by Gasteiger charge is 2.20. The summed E-state index contributed by atoms with van der Waals surface area (Å²) < 4.78 is 0. The lowest BCUT2D eigenvalue weighted by Crippen LogP contribution is -2.23. The monoisotopic (exact) mass is 390 g/mol. The fraction of sp³-hybridized carbons (Fsp3) is 0.273. The fourth-order valence-electron chi connectivity index (χ4n) is 3.78. The SMILES string of the molecule is Cc1cc(NCc2cccc(CN3CCCC3=O)c2)c2cccc([N+](=O)[O-])c2n1. The van der Waals surface area contributed by atoms with Gasteiger partial charge in [-0.05, 0) is 30.5 Å². The van der Waals surface area contributed by atoms with Gasteiger partial charge >= 0.3 is 0 Å². The van der Waals surface area contributed by atoms with Gasteiger partial charge in [0.05, 0.1) is 4.92 Å². The van der Waals surface area contributed by atoms with Crippen molar-refractivity contribution in [3.8, 4) is 0 Å². The maximum absolute atomic E-state index is 11.9. The average molecular weight is 390 g/mol. The van der Waals surface area contributed by atoms with Crippen LogP contribution in [0.25, 0.3) is 10.9 Å². The molecule has 1 aliphatic heterocycles. The van der Waals surface area contributed by atoms with E-state index in [1.165, 1.54) is 6.07 Å². The summed E-state index contributed by atoms with van der Waals surface area (Å²) in [5.74, 6) is 0.217. The second kappa shape index (κ2) is 7.87. The zero-order valence-corrected chi connectivity index (χ0v) is 16.2. The molecule has 1 aliphatic rings. The van der Waals surface area contributed by atoms with Gasteiger partial charge in [0.15, 0.2) is 5.52 Å². The molecule has 7 nitrogen and oxygen atoms in total. The third-order valence-electron chi connectivity index (χ3n) is 5.16. The topological polar surface area (TPSA) is 88.4 Å². The van der Waals surface area contributed by atoms with Crippen molar-refractivity contribution in [3.05, 3.63) is 75.5 Å². The van der Waals surface area contributed by atoms with Crippen LogP contribution in [0.2, 0.25) is 0 Å². The number of nitrogens with one attached hydrogen (secondary N) is 1. The van der Waals surface area contributed by atoms with E-state index in [9.17, 15) is 14.9 Å². The number of carbonyl (C=O) groups is 1. The van der Waals surface area contributed by atoms with Crippen LogP contribution in [0, 0.1) is 17.0 Å². The first-order valence-electron chi connectivity index (χ1n) is 9.65. The second-order valence-corrected chi connectivity index (χ2v) is 7.33. The Kier molecular flexibility index (Phi) is 5.12. The van der Waals surface area contributed by atoms with E-state index in [-0.39, 0.29) is 11.6 Å². The Morgan fingerprint density at radius 3 is 2.72 bits per heavy atom. The van der Waals surface area contributed by atoms with Gasteiger partial charge in [0.1, 0.15) is 0 Å². The van der Waals surface area contributed by atoms with Gasteiger partial charge in [0.25, 0.3) is 5.69 Å². The number of fused-ring (bicyclic) bond motifs is 1. The first-order chi connectivity index (χ1) is 14.0. The number of nitrogens with zero attached hydrogens (tertiary/aromatic N) is 3. The van der Waals surface area contributed by atoms with Crippen LogP contribution < -0.4 is 5.32 Å². The molecule has 1 amide bonds. The average Bonchev–Trinajstić information content (AvgIpc) is 3.10. The lowest BCUT2D eigenvalue weighted by Gasteiger charge is -2.16. The molecule has 1 saturated heterocycles. The third-order valence-corrected chi connectivity index (χ3v) is 5.16. The Hall–Kier alpha value is -3.48. The summed E-state index contributed by atoms with van der Waals surface area (Å²) in [5.41, 5.74) is 4.12.